The molecule has 0 unspecified atom stereocenters. The van der Waals surface area contributed by atoms with Gasteiger partial charge < -0.3 is 20.0 Å². The first-order valence-corrected chi connectivity index (χ1v) is 10.2. The van der Waals surface area contributed by atoms with Crippen molar-refractivity contribution in [2.24, 2.45) is 10.9 Å². The van der Waals surface area contributed by atoms with Crippen LogP contribution in [-0.4, -0.2) is 45.2 Å². The van der Waals surface area contributed by atoms with Gasteiger partial charge in [0.1, 0.15) is 40.7 Å². The summed E-state index contributed by atoms with van der Waals surface area (Å²) in [7, 11) is 1.40. The van der Waals surface area contributed by atoms with Crippen molar-refractivity contribution in [2.45, 2.75) is 39.8 Å². The van der Waals surface area contributed by atoms with Gasteiger partial charge in [0, 0.05) is 5.56 Å². The smallest absolute Gasteiger partial charge is 0.416 e. The molecular weight excluding hydrogens is 447 g/mol. The van der Waals surface area contributed by atoms with E-state index in [1.165, 1.54) is 53.9 Å². The van der Waals surface area contributed by atoms with Gasteiger partial charge in [-0.15, -0.1) is 10.2 Å². The number of amides is 1. The summed E-state index contributed by atoms with van der Waals surface area (Å²) in [4.78, 5) is 31.6. The Morgan fingerprint density at radius 2 is 1.97 bits per heavy atom. The van der Waals surface area contributed by atoms with Crippen molar-refractivity contribution >= 4 is 29.4 Å². The number of halogens is 1. The Morgan fingerprint density at radius 3 is 2.62 bits per heavy atom. The van der Waals surface area contributed by atoms with Crippen LogP contribution in [0.25, 0.3) is 5.65 Å². The molecule has 0 atom stereocenters. The highest BCUT2D eigenvalue weighted by molar-refractivity contribution is 5.97. The van der Waals surface area contributed by atoms with Crippen molar-refractivity contribution < 1.29 is 28.3 Å². The lowest BCUT2D eigenvalue weighted by atomic mass is 10.1. The van der Waals surface area contributed by atoms with Crippen LogP contribution in [0.15, 0.2) is 41.8 Å². The maximum absolute atomic E-state index is 14.7. The fraction of sp³-hybridized carbons (Fsp3) is 0.318. The Labute approximate surface area is 194 Å². The fourth-order valence-corrected chi connectivity index (χ4v) is 3.04. The number of carbonyl (C=O) groups is 2. The fourth-order valence-electron chi connectivity index (χ4n) is 3.04. The molecule has 0 saturated heterocycles. The minimum atomic E-state index is -0.831. The number of carbonyl (C=O) groups excluding carboxylic acids is 2. The van der Waals surface area contributed by atoms with Crippen molar-refractivity contribution in [3.63, 3.8) is 0 Å². The van der Waals surface area contributed by atoms with Gasteiger partial charge in [-0.05, 0) is 52.0 Å². The minimum absolute atomic E-state index is 0.0267. The van der Waals surface area contributed by atoms with Gasteiger partial charge >= 0.3 is 12.1 Å². The van der Waals surface area contributed by atoms with Gasteiger partial charge in [-0.25, -0.2) is 14.0 Å². The van der Waals surface area contributed by atoms with Crippen LogP contribution < -0.4 is 15.4 Å². The van der Waals surface area contributed by atoms with Crippen LogP contribution in [0.1, 0.15) is 43.6 Å². The van der Waals surface area contributed by atoms with Crippen LogP contribution in [0, 0.1) is 5.82 Å². The predicted octanol–water partition coefficient (Wildman–Crippen LogP) is 3.27. The molecule has 2 aromatic heterocycles. The molecule has 34 heavy (non-hydrogen) atoms. The molecule has 0 aliphatic heterocycles. The molecule has 0 fully saturated rings. The van der Waals surface area contributed by atoms with Gasteiger partial charge in [-0.1, -0.05) is 11.2 Å². The molecule has 0 spiro atoms. The summed E-state index contributed by atoms with van der Waals surface area (Å²) in [6.45, 7) is 6.35. The normalized spacial score (nSPS) is 11.9. The number of aromatic nitrogens is 3. The summed E-state index contributed by atoms with van der Waals surface area (Å²) in [5.74, 6) is -0.868. The Morgan fingerprint density at radius 1 is 1.24 bits per heavy atom. The number of rotatable bonds is 6. The molecule has 0 radical (unpaired) electrons. The molecule has 0 aliphatic rings. The number of nitrogens with zero attached hydrogens (tertiary/aromatic N) is 5. The molecule has 0 bridgehead atoms. The van der Waals surface area contributed by atoms with Gasteiger partial charge in [-0.3, -0.25) is 9.30 Å². The predicted molar refractivity (Wildman–Crippen MR) is 121 cm³/mol. The molecule has 3 rings (SSSR count). The first-order valence-electron chi connectivity index (χ1n) is 10.2. The van der Waals surface area contributed by atoms with Crippen molar-refractivity contribution in [1.29, 1.82) is 0 Å². The van der Waals surface area contributed by atoms with Crippen molar-refractivity contribution in [3.05, 3.63) is 53.6 Å². The maximum atomic E-state index is 14.7. The summed E-state index contributed by atoms with van der Waals surface area (Å²) in [6.07, 6.45) is 0.543. The van der Waals surface area contributed by atoms with Gasteiger partial charge in [0.05, 0.1) is 13.7 Å². The molecular formula is C22H25FN6O5. The van der Waals surface area contributed by atoms with Crippen LogP contribution in [0.3, 0.4) is 0 Å². The summed E-state index contributed by atoms with van der Waals surface area (Å²) >= 11 is 0. The summed E-state index contributed by atoms with van der Waals surface area (Å²) in [5, 5.41) is 11.2. The summed E-state index contributed by atoms with van der Waals surface area (Å²) in [5.41, 5.74) is 4.82. The maximum Gasteiger partial charge on any atom is 0.416 e. The number of hydrogen-bond acceptors (Lipinski definition) is 8. The number of methoxy groups -OCH3 is 1. The number of pyridine rings is 1. The van der Waals surface area contributed by atoms with E-state index in [9.17, 15) is 14.0 Å². The second kappa shape index (κ2) is 9.73. The van der Waals surface area contributed by atoms with E-state index in [1.54, 1.807) is 26.8 Å². The lowest BCUT2D eigenvalue weighted by Crippen LogP contribution is -2.37. The highest BCUT2D eigenvalue weighted by atomic mass is 19.1. The van der Waals surface area contributed by atoms with E-state index < -0.39 is 23.5 Å². The van der Waals surface area contributed by atoms with E-state index in [1.807, 2.05) is 0 Å². The van der Waals surface area contributed by atoms with E-state index in [0.29, 0.717) is 0 Å². The molecule has 11 nitrogen and oxygen atoms in total. The molecule has 12 heteroatoms. The van der Waals surface area contributed by atoms with Crippen LogP contribution in [0.5, 0.6) is 5.75 Å². The number of oxime groups is 1. The number of fused-ring (bicyclic) bond motifs is 1. The Balaban J connectivity index is 2.12. The molecule has 1 aromatic carbocycles. The molecule has 2 N–H and O–H groups in total. The molecule has 180 valence electrons. The second-order valence-corrected chi connectivity index (χ2v) is 8.23. The third-order valence-corrected chi connectivity index (χ3v) is 4.43. The molecule has 0 saturated carbocycles. The highest BCUT2D eigenvalue weighted by Crippen LogP contribution is 2.28. The Bertz CT molecular complexity index is 1250. The first-order chi connectivity index (χ1) is 16.0. The number of hydrogen-bond donors (Lipinski definition) is 1. The standard InChI is InChI=1S/C22H25FN6O5/c1-13(24)27-34-20(30)14-9-10-18(29-12-25-26-19(14)29)28(21(31)33-22(2,3)4)11-15-16(23)7-6-8-17(15)32-5/h6-10,12H,11H2,1-5H3,(H2,24,27). The monoisotopic (exact) mass is 472 g/mol. The van der Waals surface area contributed by atoms with E-state index >= 15 is 0 Å². The van der Waals surface area contributed by atoms with Crippen LogP contribution >= 0.6 is 0 Å². The lowest BCUT2D eigenvalue weighted by Gasteiger charge is -2.28. The third-order valence-electron chi connectivity index (χ3n) is 4.43. The quantitative estimate of drug-likeness (QED) is 0.250. The topological polar surface area (TPSA) is 134 Å². The van der Waals surface area contributed by atoms with E-state index in [4.69, 9.17) is 20.0 Å². The Kier molecular flexibility index (Phi) is 6.99. The van der Waals surface area contributed by atoms with E-state index in [0.717, 1.165) is 0 Å². The second-order valence-electron chi connectivity index (χ2n) is 8.23. The first kappa shape index (κ1) is 24.4. The Hall–Kier alpha value is -4.22. The van der Waals surface area contributed by atoms with Crippen molar-refractivity contribution in [3.8, 4) is 5.75 Å². The molecule has 1 amide bonds. The van der Waals surface area contributed by atoms with Crippen molar-refractivity contribution in [2.75, 3.05) is 12.0 Å². The SMILES string of the molecule is COc1cccc(F)c1CN(C(=O)OC(C)(C)C)c1ccc(C(=O)O/N=C(\C)N)c2nncn12. The lowest BCUT2D eigenvalue weighted by molar-refractivity contribution is 0.0516. The zero-order chi connectivity index (χ0) is 25.0. The number of ether oxygens (including phenoxy) is 2. The zero-order valence-corrected chi connectivity index (χ0v) is 19.4. The molecule has 3 aromatic rings. The van der Waals surface area contributed by atoms with E-state index in [-0.39, 0.29) is 40.7 Å². The van der Waals surface area contributed by atoms with Gasteiger partial charge in [0.15, 0.2) is 5.65 Å². The average molecular weight is 472 g/mol. The van der Waals surface area contributed by atoms with Crippen LogP contribution in [0.2, 0.25) is 0 Å². The largest absolute Gasteiger partial charge is 0.496 e. The van der Waals surface area contributed by atoms with Crippen LogP contribution in [-0.2, 0) is 16.1 Å². The van der Waals surface area contributed by atoms with Gasteiger partial charge in [0.2, 0.25) is 0 Å². The summed E-state index contributed by atoms with van der Waals surface area (Å²) < 4.78 is 26.9. The van der Waals surface area contributed by atoms with Gasteiger partial charge in [0.25, 0.3) is 0 Å². The zero-order valence-electron chi connectivity index (χ0n) is 19.4. The van der Waals surface area contributed by atoms with Crippen molar-refractivity contribution in [1.82, 2.24) is 14.6 Å². The highest BCUT2D eigenvalue weighted by Gasteiger charge is 2.29. The minimum Gasteiger partial charge on any atom is -0.496 e. The number of anilines is 1. The number of amidine groups is 1. The molecule has 2 heterocycles. The van der Waals surface area contributed by atoms with Crippen LogP contribution in [0.4, 0.5) is 15.0 Å². The van der Waals surface area contributed by atoms with Gasteiger partial charge in [-0.2, -0.15) is 0 Å². The average Bonchev–Trinajstić information content (AvgIpc) is 3.24. The summed E-state index contributed by atoms with van der Waals surface area (Å²) in [6, 6.07) is 7.19. The molecule has 0 aliphatic carbocycles. The third kappa shape index (κ3) is 5.39. The van der Waals surface area contributed by atoms with E-state index in [2.05, 4.69) is 15.4 Å². The number of benzene rings is 1. The number of nitrogens with two attached hydrogens (primary N) is 1.